The van der Waals surface area contributed by atoms with Gasteiger partial charge in [0.15, 0.2) is 46.5 Å². The van der Waals surface area contributed by atoms with Crippen molar-refractivity contribution in [3.8, 4) is 0 Å². The molecule has 0 amide bonds. The molecule has 10 heteroatoms. The van der Waals surface area contributed by atoms with E-state index in [9.17, 15) is 43.9 Å². The molecule has 0 atom stereocenters. The van der Waals surface area contributed by atoms with Crippen LogP contribution >= 0.6 is 0 Å². The molecular formula is C30H12F10. The van der Waals surface area contributed by atoms with Crippen LogP contribution in [0.3, 0.4) is 0 Å². The number of rotatable bonds is 4. The average Bonchev–Trinajstić information content (AvgIpc) is 2.96. The molecule has 0 saturated carbocycles. The van der Waals surface area contributed by atoms with Crippen molar-refractivity contribution in [2.75, 3.05) is 0 Å². The molecule has 5 rings (SSSR count). The SMILES string of the molecule is Fc1c(F)c(F)c(/C=C/c2ccc3c(ccc4cc(/C=C/c5c(F)c(F)c(F)c(F)c5F)ccc43)c2)c(F)c1F. The summed E-state index contributed by atoms with van der Waals surface area (Å²) in [6.07, 6.45) is 3.94. The smallest absolute Gasteiger partial charge is 0.200 e. The molecule has 0 radical (unpaired) electrons. The minimum absolute atomic E-state index is 0.401. The van der Waals surface area contributed by atoms with Gasteiger partial charge in [-0.2, -0.15) is 0 Å². The van der Waals surface area contributed by atoms with Crippen LogP contribution in [0.5, 0.6) is 0 Å². The molecule has 202 valence electrons. The number of halogens is 10. The van der Waals surface area contributed by atoms with Crippen LogP contribution in [0.1, 0.15) is 22.3 Å². The van der Waals surface area contributed by atoms with E-state index in [-0.39, 0.29) is 0 Å². The number of fused-ring (bicyclic) bond motifs is 3. The first-order chi connectivity index (χ1) is 19.0. The highest BCUT2D eigenvalue weighted by Crippen LogP contribution is 2.30. The Morgan fingerprint density at radius 1 is 0.325 bits per heavy atom. The minimum Gasteiger partial charge on any atom is -0.203 e. The van der Waals surface area contributed by atoms with Gasteiger partial charge in [-0.15, -0.1) is 0 Å². The molecule has 0 nitrogen and oxygen atoms in total. The standard InChI is InChI=1S/C30H12F10/c31-21-19(22(32)26(36)29(39)25(21)35)9-3-13-1-7-17-15(11-13)5-6-16-12-14(2-8-18(16)17)4-10-20-23(33)27(37)30(40)28(38)24(20)34/h1-12H/b9-3+,10-4+. The number of hydrogen-bond donors (Lipinski definition) is 0. The lowest BCUT2D eigenvalue weighted by molar-refractivity contribution is 0.377. The molecule has 0 aliphatic heterocycles. The molecule has 0 aromatic heterocycles. The fourth-order valence-electron chi connectivity index (χ4n) is 4.21. The Morgan fingerprint density at radius 3 is 0.950 bits per heavy atom. The summed E-state index contributed by atoms with van der Waals surface area (Å²) in [5, 5.41) is 2.77. The summed E-state index contributed by atoms with van der Waals surface area (Å²) >= 11 is 0. The van der Waals surface area contributed by atoms with Gasteiger partial charge in [-0.1, -0.05) is 48.6 Å². The summed E-state index contributed by atoms with van der Waals surface area (Å²) in [6, 6.07) is 13.1. The average molecular weight is 562 g/mol. The first-order valence-corrected chi connectivity index (χ1v) is 11.3. The van der Waals surface area contributed by atoms with Crippen LogP contribution in [0, 0.1) is 58.2 Å². The van der Waals surface area contributed by atoms with Crippen molar-refractivity contribution >= 4 is 45.8 Å². The first-order valence-electron chi connectivity index (χ1n) is 11.3. The van der Waals surface area contributed by atoms with E-state index >= 15 is 0 Å². The fourth-order valence-corrected chi connectivity index (χ4v) is 4.21. The van der Waals surface area contributed by atoms with Crippen molar-refractivity contribution in [1.82, 2.24) is 0 Å². The van der Waals surface area contributed by atoms with Gasteiger partial charge in [-0.05, 0) is 57.0 Å². The van der Waals surface area contributed by atoms with Crippen LogP contribution in [-0.4, -0.2) is 0 Å². The Hall–Kier alpha value is -4.60. The van der Waals surface area contributed by atoms with Gasteiger partial charge in [0.25, 0.3) is 0 Å². The van der Waals surface area contributed by atoms with E-state index in [1.54, 1.807) is 48.5 Å². The molecule has 0 N–H and O–H groups in total. The molecule has 0 unspecified atom stereocenters. The highest BCUT2D eigenvalue weighted by molar-refractivity contribution is 6.08. The van der Waals surface area contributed by atoms with E-state index in [1.807, 2.05) is 0 Å². The predicted octanol–water partition coefficient (Wildman–Crippen LogP) is 9.72. The van der Waals surface area contributed by atoms with Gasteiger partial charge in [-0.3, -0.25) is 0 Å². The lowest BCUT2D eigenvalue weighted by atomic mass is 9.98. The van der Waals surface area contributed by atoms with Gasteiger partial charge >= 0.3 is 0 Å². The first kappa shape index (κ1) is 27.0. The Bertz CT molecular complexity index is 1710. The van der Waals surface area contributed by atoms with Gasteiger partial charge in [0, 0.05) is 0 Å². The Labute approximate surface area is 219 Å². The van der Waals surface area contributed by atoms with E-state index in [2.05, 4.69) is 0 Å². The summed E-state index contributed by atoms with van der Waals surface area (Å²) in [4.78, 5) is 0. The Balaban J connectivity index is 1.48. The molecular weight excluding hydrogens is 550 g/mol. The third-order valence-corrected chi connectivity index (χ3v) is 6.26. The molecule has 40 heavy (non-hydrogen) atoms. The molecule has 0 saturated heterocycles. The van der Waals surface area contributed by atoms with E-state index in [0.29, 0.717) is 21.9 Å². The van der Waals surface area contributed by atoms with Crippen LogP contribution < -0.4 is 0 Å². The maximum atomic E-state index is 13.9. The molecule has 5 aromatic carbocycles. The van der Waals surface area contributed by atoms with Crippen LogP contribution in [-0.2, 0) is 0 Å². The monoisotopic (exact) mass is 562 g/mol. The van der Waals surface area contributed by atoms with E-state index in [4.69, 9.17) is 0 Å². The van der Waals surface area contributed by atoms with Gasteiger partial charge in [0.2, 0.25) is 11.6 Å². The van der Waals surface area contributed by atoms with Crippen molar-refractivity contribution in [2.45, 2.75) is 0 Å². The number of hydrogen-bond acceptors (Lipinski definition) is 0. The third-order valence-electron chi connectivity index (χ3n) is 6.26. The topological polar surface area (TPSA) is 0 Å². The van der Waals surface area contributed by atoms with Gasteiger partial charge in [-0.25, -0.2) is 43.9 Å². The normalized spacial score (nSPS) is 12.1. The predicted molar refractivity (Wildman–Crippen MR) is 132 cm³/mol. The molecule has 0 aliphatic carbocycles. The summed E-state index contributed by atoms with van der Waals surface area (Å²) in [5.74, 6) is -20.5. The molecule has 0 aliphatic rings. The lowest BCUT2D eigenvalue weighted by Crippen LogP contribution is -2.03. The van der Waals surface area contributed by atoms with Gasteiger partial charge < -0.3 is 0 Å². The summed E-state index contributed by atoms with van der Waals surface area (Å²) in [7, 11) is 0. The lowest BCUT2D eigenvalue weighted by Gasteiger charge is -2.07. The third kappa shape index (κ3) is 4.49. The number of benzene rings is 5. The van der Waals surface area contributed by atoms with Gasteiger partial charge in [0.1, 0.15) is 0 Å². The summed E-state index contributed by atoms with van der Waals surface area (Å²) in [5.41, 5.74) is -1.36. The summed E-state index contributed by atoms with van der Waals surface area (Å²) < 4.78 is 136. The zero-order valence-corrected chi connectivity index (χ0v) is 19.7. The highest BCUT2D eigenvalue weighted by atomic mass is 19.2. The largest absolute Gasteiger partial charge is 0.203 e. The van der Waals surface area contributed by atoms with Crippen LogP contribution in [0.15, 0.2) is 48.5 Å². The second-order valence-electron chi connectivity index (χ2n) is 8.66. The van der Waals surface area contributed by atoms with Crippen molar-refractivity contribution in [2.24, 2.45) is 0 Å². The quantitative estimate of drug-likeness (QED) is 0.0673. The molecule has 5 aromatic rings. The van der Waals surface area contributed by atoms with Crippen molar-refractivity contribution < 1.29 is 43.9 Å². The Morgan fingerprint density at radius 2 is 0.625 bits per heavy atom. The van der Waals surface area contributed by atoms with E-state index < -0.39 is 69.3 Å². The zero-order valence-electron chi connectivity index (χ0n) is 19.7. The molecule has 0 bridgehead atoms. The molecule has 0 spiro atoms. The van der Waals surface area contributed by atoms with Crippen LogP contribution in [0.4, 0.5) is 43.9 Å². The zero-order chi connectivity index (χ0) is 28.9. The van der Waals surface area contributed by atoms with E-state index in [1.165, 1.54) is 12.2 Å². The van der Waals surface area contributed by atoms with Gasteiger partial charge in [0.05, 0.1) is 11.1 Å². The maximum absolute atomic E-state index is 13.9. The fraction of sp³-hybridized carbons (Fsp3) is 0. The highest BCUT2D eigenvalue weighted by Gasteiger charge is 2.25. The second-order valence-corrected chi connectivity index (χ2v) is 8.66. The molecule has 0 heterocycles. The minimum atomic E-state index is -2.25. The van der Waals surface area contributed by atoms with Crippen LogP contribution in [0.25, 0.3) is 45.8 Å². The Kier molecular flexibility index (Phi) is 6.87. The summed E-state index contributed by atoms with van der Waals surface area (Å²) in [6.45, 7) is 0. The van der Waals surface area contributed by atoms with Crippen molar-refractivity contribution in [3.05, 3.63) is 129 Å². The van der Waals surface area contributed by atoms with Crippen molar-refractivity contribution in [3.63, 3.8) is 0 Å². The van der Waals surface area contributed by atoms with Crippen LogP contribution in [0.2, 0.25) is 0 Å². The molecule has 0 fully saturated rings. The second kappa shape index (κ2) is 10.2. The van der Waals surface area contributed by atoms with E-state index in [0.717, 1.165) is 22.9 Å². The van der Waals surface area contributed by atoms with Crippen molar-refractivity contribution in [1.29, 1.82) is 0 Å². The maximum Gasteiger partial charge on any atom is 0.200 e.